The van der Waals surface area contributed by atoms with Crippen LogP contribution in [0.25, 0.3) is 0 Å². The molecular weight excluding hydrogens is 256 g/mol. The van der Waals surface area contributed by atoms with Crippen molar-refractivity contribution in [3.63, 3.8) is 0 Å². The van der Waals surface area contributed by atoms with Gasteiger partial charge < -0.3 is 0 Å². The summed E-state index contributed by atoms with van der Waals surface area (Å²) in [5.41, 5.74) is 4.23. The van der Waals surface area contributed by atoms with Crippen molar-refractivity contribution in [3.8, 4) is 0 Å². The topological polar surface area (TPSA) is 32.3 Å². The highest BCUT2D eigenvalue weighted by Gasteiger charge is 2.20. The van der Waals surface area contributed by atoms with Gasteiger partial charge in [0.05, 0.1) is 5.92 Å². The average Bonchev–Trinajstić information content (AvgIpc) is 2.47. The van der Waals surface area contributed by atoms with Gasteiger partial charge in [0.1, 0.15) is 0 Å². The SMILES string of the molecule is O=C(NN1CCCCC1)C(CS)Cc1ccccc1. The summed E-state index contributed by atoms with van der Waals surface area (Å²) in [6.45, 7) is 1.94. The van der Waals surface area contributed by atoms with Crippen molar-refractivity contribution in [2.75, 3.05) is 18.8 Å². The van der Waals surface area contributed by atoms with Gasteiger partial charge in [-0.25, -0.2) is 5.01 Å². The first-order valence-electron chi connectivity index (χ1n) is 7.00. The number of carbonyl (C=O) groups excluding carboxylic acids is 1. The molecule has 4 heteroatoms. The summed E-state index contributed by atoms with van der Waals surface area (Å²) in [4.78, 5) is 12.2. The molecule has 0 aromatic heterocycles. The Kier molecular flexibility index (Phi) is 5.73. The Hall–Kier alpha value is -1.00. The summed E-state index contributed by atoms with van der Waals surface area (Å²) in [7, 11) is 0. The van der Waals surface area contributed by atoms with E-state index in [1.54, 1.807) is 0 Å². The number of amides is 1. The third-order valence-corrected chi connectivity index (χ3v) is 3.98. The molecule has 104 valence electrons. The van der Waals surface area contributed by atoms with Gasteiger partial charge in [0.15, 0.2) is 0 Å². The zero-order valence-electron chi connectivity index (χ0n) is 11.2. The molecule has 0 aliphatic carbocycles. The van der Waals surface area contributed by atoms with Crippen LogP contribution in [-0.2, 0) is 11.2 Å². The van der Waals surface area contributed by atoms with Crippen molar-refractivity contribution >= 4 is 18.5 Å². The molecule has 3 nitrogen and oxygen atoms in total. The van der Waals surface area contributed by atoms with E-state index in [4.69, 9.17) is 0 Å². The Labute approximate surface area is 120 Å². The molecule has 1 unspecified atom stereocenters. The van der Waals surface area contributed by atoms with Crippen molar-refractivity contribution < 1.29 is 4.79 Å². The minimum atomic E-state index is -0.0624. The number of hydrazine groups is 1. The number of thiol groups is 1. The summed E-state index contributed by atoms with van der Waals surface area (Å²) >= 11 is 4.32. The maximum absolute atomic E-state index is 12.2. The second-order valence-corrected chi connectivity index (χ2v) is 5.46. The van der Waals surface area contributed by atoms with Gasteiger partial charge in [-0.2, -0.15) is 12.6 Å². The van der Waals surface area contributed by atoms with Gasteiger partial charge in [0.25, 0.3) is 0 Å². The van der Waals surface area contributed by atoms with Crippen LogP contribution < -0.4 is 5.43 Å². The third kappa shape index (κ3) is 4.55. The Bertz CT molecular complexity index is 390. The number of nitrogens with zero attached hydrogens (tertiary/aromatic N) is 1. The van der Waals surface area contributed by atoms with Crippen LogP contribution >= 0.6 is 12.6 Å². The molecule has 1 heterocycles. The van der Waals surface area contributed by atoms with Gasteiger partial charge >= 0.3 is 0 Å². The molecule has 1 aromatic carbocycles. The molecule has 0 spiro atoms. The lowest BCUT2D eigenvalue weighted by Gasteiger charge is -2.28. The molecule has 1 aromatic rings. The fourth-order valence-corrected chi connectivity index (χ4v) is 2.69. The third-order valence-electron chi connectivity index (χ3n) is 3.54. The number of nitrogens with one attached hydrogen (secondary N) is 1. The summed E-state index contributed by atoms with van der Waals surface area (Å²) in [5.74, 6) is 0.614. The Morgan fingerprint density at radius 3 is 2.53 bits per heavy atom. The normalized spacial score (nSPS) is 17.9. The van der Waals surface area contributed by atoms with Gasteiger partial charge in [-0.1, -0.05) is 36.8 Å². The van der Waals surface area contributed by atoms with Crippen molar-refractivity contribution in [2.24, 2.45) is 5.92 Å². The van der Waals surface area contributed by atoms with E-state index in [0.717, 1.165) is 19.5 Å². The number of hydrogen-bond acceptors (Lipinski definition) is 3. The van der Waals surface area contributed by atoms with Crippen LogP contribution in [0.15, 0.2) is 30.3 Å². The lowest BCUT2D eigenvalue weighted by Crippen LogP contribution is -2.48. The van der Waals surface area contributed by atoms with Crippen LogP contribution in [0.2, 0.25) is 0 Å². The Morgan fingerprint density at radius 1 is 1.21 bits per heavy atom. The van der Waals surface area contributed by atoms with E-state index in [2.05, 4.69) is 30.2 Å². The van der Waals surface area contributed by atoms with E-state index in [-0.39, 0.29) is 11.8 Å². The number of carbonyl (C=O) groups is 1. The molecule has 1 fully saturated rings. The predicted octanol–water partition coefficient (Wildman–Crippen LogP) is 2.29. The standard InChI is InChI=1S/C15H22N2OS/c18-15(16-17-9-5-2-6-10-17)14(12-19)11-13-7-3-1-4-8-13/h1,3-4,7-8,14,19H,2,5-6,9-12H2,(H,16,18). The van der Waals surface area contributed by atoms with Crippen LogP contribution in [-0.4, -0.2) is 29.8 Å². The highest BCUT2D eigenvalue weighted by molar-refractivity contribution is 7.80. The maximum Gasteiger partial charge on any atom is 0.238 e. The van der Waals surface area contributed by atoms with E-state index in [1.807, 2.05) is 23.2 Å². The smallest absolute Gasteiger partial charge is 0.238 e. The summed E-state index contributed by atoms with van der Waals surface area (Å²) < 4.78 is 0. The second kappa shape index (κ2) is 7.56. The molecule has 1 aliphatic heterocycles. The van der Waals surface area contributed by atoms with Crippen molar-refractivity contribution in [1.82, 2.24) is 10.4 Å². The zero-order valence-corrected chi connectivity index (χ0v) is 12.1. The highest BCUT2D eigenvalue weighted by atomic mass is 32.1. The van der Waals surface area contributed by atoms with Crippen molar-refractivity contribution in [3.05, 3.63) is 35.9 Å². The first kappa shape index (κ1) is 14.4. The Morgan fingerprint density at radius 2 is 1.89 bits per heavy atom. The molecule has 2 rings (SSSR count). The van der Waals surface area contributed by atoms with Gasteiger partial charge in [0.2, 0.25) is 5.91 Å². The predicted molar refractivity (Wildman–Crippen MR) is 81.1 cm³/mol. The van der Waals surface area contributed by atoms with Crippen molar-refractivity contribution in [1.29, 1.82) is 0 Å². The first-order valence-corrected chi connectivity index (χ1v) is 7.63. The molecule has 0 bridgehead atoms. The maximum atomic E-state index is 12.2. The van der Waals surface area contributed by atoms with E-state index in [9.17, 15) is 4.79 Å². The Balaban J connectivity index is 1.87. The molecule has 1 aliphatic rings. The van der Waals surface area contributed by atoms with Crippen LogP contribution in [0.4, 0.5) is 0 Å². The molecule has 1 amide bonds. The van der Waals surface area contributed by atoms with Crippen LogP contribution in [0.1, 0.15) is 24.8 Å². The van der Waals surface area contributed by atoms with E-state index in [1.165, 1.54) is 24.8 Å². The number of rotatable bonds is 5. The molecular formula is C15H22N2OS. The second-order valence-electron chi connectivity index (χ2n) is 5.09. The van der Waals surface area contributed by atoms with Gasteiger partial charge in [-0.3, -0.25) is 10.2 Å². The molecule has 1 saturated heterocycles. The van der Waals surface area contributed by atoms with E-state index in [0.29, 0.717) is 5.75 Å². The number of piperidine rings is 1. The van der Waals surface area contributed by atoms with Gasteiger partial charge in [0, 0.05) is 18.8 Å². The fourth-order valence-electron chi connectivity index (χ4n) is 2.39. The number of hydrogen-bond donors (Lipinski definition) is 2. The lowest BCUT2D eigenvalue weighted by atomic mass is 10.0. The van der Waals surface area contributed by atoms with E-state index < -0.39 is 0 Å². The van der Waals surface area contributed by atoms with Crippen molar-refractivity contribution in [2.45, 2.75) is 25.7 Å². The molecule has 19 heavy (non-hydrogen) atoms. The van der Waals surface area contributed by atoms with Crippen LogP contribution in [0.3, 0.4) is 0 Å². The largest absolute Gasteiger partial charge is 0.289 e. The summed E-state index contributed by atoms with van der Waals surface area (Å²) in [6, 6.07) is 10.1. The monoisotopic (exact) mass is 278 g/mol. The molecule has 0 radical (unpaired) electrons. The quantitative estimate of drug-likeness (QED) is 0.810. The first-order chi connectivity index (χ1) is 9.29. The van der Waals surface area contributed by atoms with Gasteiger partial charge in [-0.05, 0) is 24.8 Å². The zero-order chi connectivity index (χ0) is 13.5. The molecule has 1 N–H and O–H groups in total. The lowest BCUT2D eigenvalue weighted by molar-refractivity contribution is -0.129. The number of benzene rings is 1. The minimum absolute atomic E-state index is 0.0624. The van der Waals surface area contributed by atoms with Crippen LogP contribution in [0, 0.1) is 5.92 Å². The summed E-state index contributed by atoms with van der Waals surface area (Å²) in [5, 5.41) is 2.05. The molecule has 0 saturated carbocycles. The highest BCUT2D eigenvalue weighted by Crippen LogP contribution is 2.12. The van der Waals surface area contributed by atoms with Crippen LogP contribution in [0.5, 0.6) is 0 Å². The fraction of sp³-hybridized carbons (Fsp3) is 0.533. The molecule has 1 atom stereocenters. The minimum Gasteiger partial charge on any atom is -0.289 e. The van der Waals surface area contributed by atoms with Gasteiger partial charge in [-0.15, -0.1) is 0 Å². The summed E-state index contributed by atoms with van der Waals surface area (Å²) in [6.07, 6.45) is 4.37. The average molecular weight is 278 g/mol. The van der Waals surface area contributed by atoms with E-state index >= 15 is 0 Å².